The van der Waals surface area contributed by atoms with Gasteiger partial charge in [0.15, 0.2) is 0 Å². The van der Waals surface area contributed by atoms with E-state index < -0.39 is 0 Å². The Hall–Kier alpha value is -4.11. The molecule has 0 aliphatic carbocycles. The van der Waals surface area contributed by atoms with Crippen molar-refractivity contribution in [3.63, 3.8) is 0 Å². The average Bonchev–Trinajstić information content (AvgIpc) is 2.86. The monoisotopic (exact) mass is 446 g/mol. The third kappa shape index (κ3) is 5.62. The second kappa shape index (κ2) is 10.7. The Kier molecular flexibility index (Phi) is 7.24. The molecule has 0 radical (unpaired) electrons. The highest BCUT2D eigenvalue weighted by Crippen LogP contribution is 2.30. The Morgan fingerprint density at radius 3 is 1.53 bits per heavy atom. The Labute approximate surface area is 200 Å². The third-order valence-corrected chi connectivity index (χ3v) is 5.66. The van der Waals surface area contributed by atoms with E-state index in [2.05, 4.69) is 78.4 Å². The molecule has 0 unspecified atom stereocenters. The molecule has 0 N–H and O–H groups in total. The second-order valence-corrected chi connectivity index (χ2v) is 8.27. The van der Waals surface area contributed by atoms with E-state index in [1.807, 2.05) is 31.3 Å². The number of aryl methyl sites for hydroxylation is 3. The molecule has 2 heterocycles. The van der Waals surface area contributed by atoms with Crippen LogP contribution < -0.4 is 0 Å². The molecule has 0 bridgehead atoms. The fourth-order valence-corrected chi connectivity index (χ4v) is 3.73. The molecular formula is C31H27FN2. The van der Waals surface area contributed by atoms with Gasteiger partial charge in [-0.05, 0) is 68.3 Å². The predicted octanol–water partition coefficient (Wildman–Crippen LogP) is 8.23. The van der Waals surface area contributed by atoms with E-state index in [-0.39, 0.29) is 5.82 Å². The predicted molar refractivity (Wildman–Crippen MR) is 139 cm³/mol. The maximum atomic E-state index is 13.0. The van der Waals surface area contributed by atoms with Crippen LogP contribution in [0.3, 0.4) is 0 Å². The standard InChI is InChI=1S/C18H14FN.C13H13N/c1-13-4-6-14(7-5-13)17-3-2-12-20-18(17)15-8-10-16(19)11-9-15;1-10-5-7-12(8-6-10)13-4-3-9-14-11(13)2/h2-12H,1H3;3-9H,1-2H3. The molecule has 34 heavy (non-hydrogen) atoms. The van der Waals surface area contributed by atoms with Gasteiger partial charge in [-0.1, -0.05) is 71.8 Å². The first-order valence-electron chi connectivity index (χ1n) is 11.3. The van der Waals surface area contributed by atoms with Gasteiger partial charge in [-0.2, -0.15) is 0 Å². The minimum Gasteiger partial charge on any atom is -0.261 e. The molecule has 3 heteroatoms. The van der Waals surface area contributed by atoms with Crippen molar-refractivity contribution in [2.75, 3.05) is 0 Å². The van der Waals surface area contributed by atoms with Crippen LogP contribution in [0.2, 0.25) is 0 Å². The summed E-state index contributed by atoms with van der Waals surface area (Å²) in [6.07, 6.45) is 3.59. The zero-order valence-electron chi connectivity index (χ0n) is 19.7. The zero-order chi connectivity index (χ0) is 23.9. The molecular weight excluding hydrogens is 419 g/mol. The van der Waals surface area contributed by atoms with E-state index in [9.17, 15) is 4.39 Å². The summed E-state index contributed by atoms with van der Waals surface area (Å²) < 4.78 is 13.0. The van der Waals surface area contributed by atoms with Crippen molar-refractivity contribution in [3.05, 3.63) is 132 Å². The van der Waals surface area contributed by atoms with Crippen molar-refractivity contribution in [1.82, 2.24) is 9.97 Å². The quantitative estimate of drug-likeness (QED) is 0.279. The summed E-state index contributed by atoms with van der Waals surface area (Å²) in [6, 6.07) is 31.3. The van der Waals surface area contributed by atoms with Gasteiger partial charge in [-0.15, -0.1) is 0 Å². The number of nitrogens with zero attached hydrogens (tertiary/aromatic N) is 2. The van der Waals surface area contributed by atoms with Crippen molar-refractivity contribution in [2.45, 2.75) is 20.8 Å². The summed E-state index contributed by atoms with van der Waals surface area (Å²) in [5, 5.41) is 0. The Morgan fingerprint density at radius 1 is 0.500 bits per heavy atom. The highest BCUT2D eigenvalue weighted by molar-refractivity contribution is 5.80. The van der Waals surface area contributed by atoms with E-state index in [1.54, 1.807) is 18.3 Å². The normalized spacial score (nSPS) is 10.4. The molecule has 0 saturated carbocycles. The van der Waals surface area contributed by atoms with Crippen LogP contribution in [0.25, 0.3) is 33.5 Å². The first-order valence-corrected chi connectivity index (χ1v) is 11.3. The molecule has 0 atom stereocenters. The first kappa shape index (κ1) is 23.1. The lowest BCUT2D eigenvalue weighted by Crippen LogP contribution is -1.89. The third-order valence-electron chi connectivity index (χ3n) is 5.66. The molecule has 5 rings (SSSR count). The second-order valence-electron chi connectivity index (χ2n) is 8.27. The van der Waals surface area contributed by atoms with Crippen LogP contribution in [-0.2, 0) is 0 Å². The van der Waals surface area contributed by atoms with Gasteiger partial charge in [-0.3, -0.25) is 9.97 Å². The lowest BCUT2D eigenvalue weighted by Gasteiger charge is -2.09. The molecule has 0 saturated heterocycles. The van der Waals surface area contributed by atoms with Gasteiger partial charge in [0.2, 0.25) is 0 Å². The van der Waals surface area contributed by atoms with E-state index in [1.165, 1.54) is 34.4 Å². The molecule has 0 aliphatic heterocycles. The van der Waals surface area contributed by atoms with Crippen molar-refractivity contribution in [1.29, 1.82) is 0 Å². The maximum absolute atomic E-state index is 13.0. The summed E-state index contributed by atoms with van der Waals surface area (Å²) in [5.41, 5.74) is 10.0. The number of aromatic nitrogens is 2. The molecule has 0 amide bonds. The molecule has 2 aromatic heterocycles. The molecule has 5 aromatic rings. The number of pyridine rings is 2. The number of hydrogen-bond donors (Lipinski definition) is 0. The van der Waals surface area contributed by atoms with E-state index in [4.69, 9.17) is 0 Å². The van der Waals surface area contributed by atoms with E-state index in [0.29, 0.717) is 0 Å². The van der Waals surface area contributed by atoms with Gasteiger partial charge in [0.05, 0.1) is 5.69 Å². The molecule has 0 aliphatic rings. The molecule has 3 aromatic carbocycles. The highest BCUT2D eigenvalue weighted by Gasteiger charge is 2.08. The van der Waals surface area contributed by atoms with Gasteiger partial charge in [0, 0.05) is 34.8 Å². The van der Waals surface area contributed by atoms with Crippen molar-refractivity contribution in [3.8, 4) is 33.5 Å². The van der Waals surface area contributed by atoms with Crippen molar-refractivity contribution < 1.29 is 4.39 Å². The van der Waals surface area contributed by atoms with Gasteiger partial charge in [0.1, 0.15) is 5.82 Å². The van der Waals surface area contributed by atoms with Gasteiger partial charge in [0.25, 0.3) is 0 Å². The van der Waals surface area contributed by atoms with Crippen LogP contribution >= 0.6 is 0 Å². The van der Waals surface area contributed by atoms with Crippen LogP contribution in [-0.4, -0.2) is 9.97 Å². The number of rotatable bonds is 3. The summed E-state index contributed by atoms with van der Waals surface area (Å²) in [7, 11) is 0. The molecule has 0 fully saturated rings. The fourth-order valence-electron chi connectivity index (χ4n) is 3.73. The Balaban J connectivity index is 0.000000172. The number of hydrogen-bond acceptors (Lipinski definition) is 2. The molecule has 168 valence electrons. The zero-order valence-corrected chi connectivity index (χ0v) is 19.7. The summed E-state index contributed by atoms with van der Waals surface area (Å²) in [4.78, 5) is 8.73. The van der Waals surface area contributed by atoms with Gasteiger partial charge < -0.3 is 0 Å². The van der Waals surface area contributed by atoms with Crippen LogP contribution in [0.5, 0.6) is 0 Å². The SMILES string of the molecule is Cc1ccc(-c2cccnc2-c2ccc(F)cc2)cc1.Cc1ccc(-c2cccnc2C)cc1. The molecule has 0 spiro atoms. The smallest absolute Gasteiger partial charge is 0.123 e. The lowest BCUT2D eigenvalue weighted by molar-refractivity contribution is 0.628. The van der Waals surface area contributed by atoms with E-state index in [0.717, 1.165) is 28.1 Å². The Bertz CT molecular complexity index is 1290. The number of benzene rings is 3. The van der Waals surface area contributed by atoms with Gasteiger partial charge in [-0.25, -0.2) is 4.39 Å². The topological polar surface area (TPSA) is 25.8 Å². The van der Waals surface area contributed by atoms with Crippen LogP contribution in [0, 0.1) is 26.6 Å². The summed E-state index contributed by atoms with van der Waals surface area (Å²) >= 11 is 0. The number of halogens is 1. The van der Waals surface area contributed by atoms with E-state index >= 15 is 0 Å². The lowest BCUT2D eigenvalue weighted by atomic mass is 9.99. The first-order chi connectivity index (χ1) is 16.5. The minimum absolute atomic E-state index is 0.235. The van der Waals surface area contributed by atoms with Crippen LogP contribution in [0.15, 0.2) is 109 Å². The van der Waals surface area contributed by atoms with Crippen molar-refractivity contribution >= 4 is 0 Å². The summed E-state index contributed by atoms with van der Waals surface area (Å²) in [5.74, 6) is -0.235. The Morgan fingerprint density at radius 2 is 0.971 bits per heavy atom. The van der Waals surface area contributed by atoms with Crippen molar-refractivity contribution in [2.24, 2.45) is 0 Å². The largest absolute Gasteiger partial charge is 0.261 e. The van der Waals surface area contributed by atoms with Crippen LogP contribution in [0.4, 0.5) is 4.39 Å². The maximum Gasteiger partial charge on any atom is 0.123 e. The van der Waals surface area contributed by atoms with Gasteiger partial charge >= 0.3 is 0 Å². The minimum atomic E-state index is -0.235. The van der Waals surface area contributed by atoms with Crippen LogP contribution in [0.1, 0.15) is 16.8 Å². The molecule has 2 nitrogen and oxygen atoms in total. The fraction of sp³-hybridized carbons (Fsp3) is 0.0968. The average molecular weight is 447 g/mol. The summed E-state index contributed by atoms with van der Waals surface area (Å²) in [6.45, 7) is 6.20. The highest BCUT2D eigenvalue weighted by atomic mass is 19.1.